The molecule has 130 valence electrons. The molecule has 1 heterocycles. The normalized spacial score (nSPS) is 17.2. The number of ether oxygens (including phenoxy) is 1. The minimum Gasteiger partial charge on any atom is -0.619 e. The predicted octanol–water partition coefficient (Wildman–Crippen LogP) is 2.06. The van der Waals surface area contributed by atoms with E-state index in [1.807, 2.05) is 18.2 Å². The summed E-state index contributed by atoms with van der Waals surface area (Å²) in [5.41, 5.74) is 2.61. The molecule has 0 bridgehead atoms. The highest BCUT2D eigenvalue weighted by Crippen LogP contribution is 2.29. The van der Waals surface area contributed by atoms with E-state index in [1.165, 1.54) is 30.1 Å². The van der Waals surface area contributed by atoms with E-state index in [0.717, 1.165) is 24.8 Å². The Kier molecular flexibility index (Phi) is 4.97. The summed E-state index contributed by atoms with van der Waals surface area (Å²) >= 11 is 0. The van der Waals surface area contributed by atoms with Crippen LogP contribution in [0.3, 0.4) is 0 Å². The minimum absolute atomic E-state index is 0.0604. The molecule has 1 aromatic heterocycles. The summed E-state index contributed by atoms with van der Waals surface area (Å²) in [7, 11) is 0. The largest absolute Gasteiger partial charge is 0.619 e. The average molecular weight is 340 g/mol. The van der Waals surface area contributed by atoms with Crippen LogP contribution in [-0.4, -0.2) is 18.0 Å². The van der Waals surface area contributed by atoms with Crippen molar-refractivity contribution >= 4 is 11.9 Å². The van der Waals surface area contributed by atoms with E-state index in [4.69, 9.17) is 4.74 Å². The van der Waals surface area contributed by atoms with E-state index in [2.05, 4.69) is 11.4 Å². The molecule has 0 radical (unpaired) electrons. The van der Waals surface area contributed by atoms with Gasteiger partial charge in [0, 0.05) is 12.1 Å². The van der Waals surface area contributed by atoms with Gasteiger partial charge in [-0.15, -0.1) is 0 Å². The lowest BCUT2D eigenvalue weighted by molar-refractivity contribution is -0.605. The monoisotopic (exact) mass is 340 g/mol. The number of esters is 1. The fourth-order valence-corrected chi connectivity index (χ4v) is 3.02. The topological polar surface area (TPSA) is 82.3 Å². The van der Waals surface area contributed by atoms with Crippen LogP contribution < -0.4 is 10.0 Å². The van der Waals surface area contributed by atoms with Gasteiger partial charge in [-0.25, -0.2) is 4.79 Å². The van der Waals surface area contributed by atoms with E-state index >= 15 is 0 Å². The van der Waals surface area contributed by atoms with Gasteiger partial charge in [-0.05, 0) is 37.3 Å². The number of fused-ring (bicyclic) bond motifs is 1. The Labute approximate surface area is 146 Å². The zero-order chi connectivity index (χ0) is 17.8. The third kappa shape index (κ3) is 3.96. The van der Waals surface area contributed by atoms with E-state index in [1.54, 1.807) is 6.92 Å². The molecule has 0 saturated carbocycles. The second-order valence-corrected chi connectivity index (χ2v) is 6.15. The van der Waals surface area contributed by atoms with E-state index in [0.29, 0.717) is 4.73 Å². The highest BCUT2D eigenvalue weighted by molar-refractivity contribution is 5.92. The Morgan fingerprint density at radius 2 is 1.96 bits per heavy atom. The van der Waals surface area contributed by atoms with Crippen molar-refractivity contribution in [3.05, 3.63) is 70.7 Å². The summed E-state index contributed by atoms with van der Waals surface area (Å²) in [5.74, 6) is -0.961. The van der Waals surface area contributed by atoms with Gasteiger partial charge in [-0.2, -0.15) is 4.73 Å². The van der Waals surface area contributed by atoms with Crippen molar-refractivity contribution in [2.75, 3.05) is 0 Å². The molecule has 0 spiro atoms. The van der Waals surface area contributed by atoms with Crippen LogP contribution in [0.25, 0.3) is 0 Å². The molecule has 25 heavy (non-hydrogen) atoms. The van der Waals surface area contributed by atoms with Crippen molar-refractivity contribution in [1.82, 2.24) is 5.32 Å². The molecular formula is C19H20N2O4. The fourth-order valence-electron chi connectivity index (χ4n) is 3.02. The van der Waals surface area contributed by atoms with Gasteiger partial charge in [0.2, 0.25) is 0 Å². The molecule has 0 fully saturated rings. The van der Waals surface area contributed by atoms with Gasteiger partial charge >= 0.3 is 5.97 Å². The molecule has 2 aromatic rings. The number of aryl methyl sites for hydroxylation is 1. The zero-order valence-electron chi connectivity index (χ0n) is 14.0. The van der Waals surface area contributed by atoms with Crippen molar-refractivity contribution in [1.29, 1.82) is 0 Å². The minimum atomic E-state index is -0.916. The van der Waals surface area contributed by atoms with Crippen LogP contribution in [0.15, 0.2) is 48.8 Å². The first-order valence-electron chi connectivity index (χ1n) is 8.32. The Balaban J connectivity index is 1.62. The van der Waals surface area contributed by atoms with Crippen molar-refractivity contribution in [2.45, 2.75) is 38.3 Å². The lowest BCUT2D eigenvalue weighted by Crippen LogP contribution is -2.39. The second kappa shape index (κ2) is 7.34. The first-order valence-corrected chi connectivity index (χ1v) is 8.32. The number of rotatable bonds is 4. The lowest BCUT2D eigenvalue weighted by atomic mass is 9.87. The summed E-state index contributed by atoms with van der Waals surface area (Å²) < 4.78 is 5.78. The highest BCUT2D eigenvalue weighted by Gasteiger charge is 2.25. The van der Waals surface area contributed by atoms with E-state index in [9.17, 15) is 14.8 Å². The molecule has 6 heteroatoms. The number of aromatic nitrogens is 1. The van der Waals surface area contributed by atoms with Gasteiger partial charge < -0.3 is 15.3 Å². The smallest absolute Gasteiger partial charge is 0.339 e. The Hall–Kier alpha value is -2.89. The molecule has 1 amide bonds. The van der Waals surface area contributed by atoms with Crippen LogP contribution >= 0.6 is 0 Å². The molecule has 0 aliphatic heterocycles. The van der Waals surface area contributed by atoms with Crippen LogP contribution in [0.1, 0.15) is 47.3 Å². The summed E-state index contributed by atoms with van der Waals surface area (Å²) in [6.07, 6.45) is 4.39. The first kappa shape index (κ1) is 17.0. The summed E-state index contributed by atoms with van der Waals surface area (Å²) in [4.78, 5) is 24.4. The maximum atomic E-state index is 12.4. The van der Waals surface area contributed by atoms with Gasteiger partial charge in [0.1, 0.15) is 0 Å². The molecule has 6 nitrogen and oxygen atoms in total. The Morgan fingerprint density at radius 1 is 1.24 bits per heavy atom. The van der Waals surface area contributed by atoms with Crippen LogP contribution in [0.2, 0.25) is 0 Å². The van der Waals surface area contributed by atoms with Crippen LogP contribution in [-0.2, 0) is 16.0 Å². The van der Waals surface area contributed by atoms with Crippen LogP contribution in [0, 0.1) is 5.21 Å². The first-order chi connectivity index (χ1) is 12.0. The van der Waals surface area contributed by atoms with Crippen molar-refractivity contribution in [3.63, 3.8) is 0 Å². The molecule has 3 rings (SSSR count). The molecule has 1 aromatic carbocycles. The number of benzene rings is 1. The Bertz CT molecular complexity index is 773. The van der Waals surface area contributed by atoms with Crippen molar-refractivity contribution in [2.24, 2.45) is 0 Å². The number of pyridine rings is 1. The standard InChI is InChI=1S/C19H20N2O4/c1-13(25-19(23)15-9-11-21(24)12-10-15)18(22)20-17-8-4-6-14-5-2-3-7-16(14)17/h2-3,5,7,9-13,17H,4,6,8H2,1H3,(H,20,22)/t13-,17-/m1/s1. The highest BCUT2D eigenvalue weighted by atomic mass is 16.5. The number of carbonyl (C=O) groups is 2. The molecule has 1 aliphatic rings. The summed E-state index contributed by atoms with van der Waals surface area (Å²) in [6, 6.07) is 10.7. The third-order valence-corrected chi connectivity index (χ3v) is 4.38. The van der Waals surface area contributed by atoms with Crippen LogP contribution in [0.5, 0.6) is 0 Å². The van der Waals surface area contributed by atoms with E-state index < -0.39 is 12.1 Å². The molecular weight excluding hydrogens is 320 g/mol. The molecule has 0 unspecified atom stereocenters. The molecule has 2 atom stereocenters. The van der Waals surface area contributed by atoms with Crippen LogP contribution in [0.4, 0.5) is 0 Å². The fraction of sp³-hybridized carbons (Fsp3) is 0.316. The number of nitrogens with zero attached hydrogens (tertiary/aromatic N) is 1. The van der Waals surface area contributed by atoms with Gasteiger partial charge in [0.25, 0.3) is 5.91 Å². The number of amides is 1. The van der Waals surface area contributed by atoms with Gasteiger partial charge in [-0.3, -0.25) is 4.79 Å². The lowest BCUT2D eigenvalue weighted by Gasteiger charge is -2.27. The number of nitrogens with one attached hydrogen (secondary N) is 1. The van der Waals surface area contributed by atoms with E-state index in [-0.39, 0.29) is 17.5 Å². The van der Waals surface area contributed by atoms with Crippen molar-refractivity contribution < 1.29 is 19.1 Å². The molecule has 1 N–H and O–H groups in total. The number of hydrogen-bond acceptors (Lipinski definition) is 4. The van der Waals surface area contributed by atoms with Gasteiger partial charge in [-0.1, -0.05) is 24.3 Å². The maximum Gasteiger partial charge on any atom is 0.339 e. The summed E-state index contributed by atoms with van der Waals surface area (Å²) in [6.45, 7) is 1.54. The third-order valence-electron chi connectivity index (χ3n) is 4.38. The quantitative estimate of drug-likeness (QED) is 0.525. The SMILES string of the molecule is C[C@@H](OC(=O)c1cc[n+]([O-])cc1)C(=O)N[C@@H]1CCCc2ccccc21. The average Bonchev–Trinajstić information content (AvgIpc) is 2.62. The summed E-state index contributed by atoms with van der Waals surface area (Å²) in [5, 5.41) is 14.0. The Morgan fingerprint density at radius 3 is 2.72 bits per heavy atom. The van der Waals surface area contributed by atoms with Gasteiger partial charge in [0.15, 0.2) is 18.5 Å². The molecule has 0 saturated heterocycles. The maximum absolute atomic E-state index is 12.4. The zero-order valence-corrected chi connectivity index (χ0v) is 14.0. The van der Waals surface area contributed by atoms with Crippen molar-refractivity contribution in [3.8, 4) is 0 Å². The number of carbonyl (C=O) groups excluding carboxylic acids is 2. The number of hydrogen-bond donors (Lipinski definition) is 1. The predicted molar refractivity (Wildman–Crippen MR) is 90.5 cm³/mol. The van der Waals surface area contributed by atoms with Gasteiger partial charge in [0.05, 0.1) is 11.6 Å². The second-order valence-electron chi connectivity index (χ2n) is 6.15. The molecule has 1 aliphatic carbocycles.